The van der Waals surface area contributed by atoms with Crippen LogP contribution in [0.5, 0.6) is 0 Å². The molecule has 0 aliphatic rings. The molecule has 0 atom stereocenters. The number of nitrogens with one attached hydrogen (secondary N) is 1. The maximum Gasteiger partial charge on any atom is 0.264 e. The second-order valence-corrected chi connectivity index (χ2v) is 4.58. The Morgan fingerprint density at radius 1 is 1.33 bits per heavy atom. The van der Waals surface area contributed by atoms with Crippen LogP contribution in [0.4, 0.5) is 5.69 Å². The van der Waals surface area contributed by atoms with Gasteiger partial charge in [0.2, 0.25) is 5.89 Å². The number of fused-ring (bicyclic) bond motifs is 1. The second kappa shape index (κ2) is 3.95. The molecule has 0 fully saturated rings. The standard InChI is InChI=1S/C11H7BrN4O2/c12-5-3-6(13)10-8(4-5)14-11(18-10)7-1-2-9(17)16-15-7/h1-4H,13H2,(H,16,17). The summed E-state index contributed by atoms with van der Waals surface area (Å²) in [6.07, 6.45) is 0. The van der Waals surface area contributed by atoms with E-state index in [1.165, 1.54) is 12.1 Å². The zero-order valence-corrected chi connectivity index (χ0v) is 10.6. The molecule has 3 N–H and O–H groups in total. The molecule has 0 saturated heterocycles. The third kappa shape index (κ3) is 1.78. The van der Waals surface area contributed by atoms with Crippen molar-refractivity contribution in [3.05, 3.63) is 39.1 Å². The Morgan fingerprint density at radius 3 is 2.89 bits per heavy atom. The van der Waals surface area contributed by atoms with Gasteiger partial charge in [0.15, 0.2) is 5.58 Å². The number of H-pyrrole nitrogens is 1. The van der Waals surface area contributed by atoms with E-state index in [-0.39, 0.29) is 5.56 Å². The van der Waals surface area contributed by atoms with Gasteiger partial charge < -0.3 is 10.2 Å². The molecule has 7 heteroatoms. The number of benzene rings is 1. The zero-order chi connectivity index (χ0) is 12.7. The summed E-state index contributed by atoms with van der Waals surface area (Å²) >= 11 is 3.33. The van der Waals surface area contributed by atoms with Gasteiger partial charge in [-0.3, -0.25) is 4.79 Å². The Kier molecular flexibility index (Phi) is 2.41. The molecule has 0 radical (unpaired) electrons. The van der Waals surface area contributed by atoms with E-state index in [2.05, 4.69) is 31.1 Å². The van der Waals surface area contributed by atoms with Crippen LogP contribution in [0.1, 0.15) is 0 Å². The van der Waals surface area contributed by atoms with Crippen LogP contribution in [0.25, 0.3) is 22.7 Å². The summed E-state index contributed by atoms with van der Waals surface area (Å²) in [5.74, 6) is 0.311. The van der Waals surface area contributed by atoms with Gasteiger partial charge in [-0.2, -0.15) is 5.10 Å². The largest absolute Gasteiger partial charge is 0.432 e. The van der Waals surface area contributed by atoms with Crippen molar-refractivity contribution in [1.29, 1.82) is 0 Å². The number of nitrogens with two attached hydrogens (primary N) is 1. The summed E-state index contributed by atoms with van der Waals surface area (Å²) in [6.45, 7) is 0. The molecular weight excluding hydrogens is 300 g/mol. The minimum Gasteiger partial charge on any atom is -0.432 e. The maximum atomic E-state index is 10.9. The fourth-order valence-corrected chi connectivity index (χ4v) is 2.06. The SMILES string of the molecule is Nc1cc(Br)cc2nc(-c3ccc(=O)[nH]n3)oc12. The van der Waals surface area contributed by atoms with Gasteiger partial charge in [0, 0.05) is 10.5 Å². The quantitative estimate of drug-likeness (QED) is 0.669. The molecule has 1 aromatic carbocycles. The number of halogens is 1. The zero-order valence-electron chi connectivity index (χ0n) is 8.98. The number of hydrogen-bond acceptors (Lipinski definition) is 5. The fraction of sp³-hybridized carbons (Fsp3) is 0. The summed E-state index contributed by atoms with van der Waals surface area (Å²) in [7, 11) is 0. The number of anilines is 1. The average molecular weight is 307 g/mol. The highest BCUT2D eigenvalue weighted by Gasteiger charge is 2.12. The lowest BCUT2D eigenvalue weighted by Gasteiger charge is -1.94. The lowest BCUT2D eigenvalue weighted by molar-refractivity contribution is 0.616. The molecule has 2 heterocycles. The van der Waals surface area contributed by atoms with Gasteiger partial charge in [-0.05, 0) is 18.2 Å². The first-order valence-corrected chi connectivity index (χ1v) is 5.84. The molecule has 6 nitrogen and oxygen atoms in total. The topological polar surface area (TPSA) is 97.8 Å². The minimum atomic E-state index is -0.280. The predicted molar refractivity (Wildman–Crippen MR) is 70.0 cm³/mol. The Balaban J connectivity index is 2.22. The average Bonchev–Trinajstić information content (AvgIpc) is 2.74. The van der Waals surface area contributed by atoms with Crippen LogP contribution < -0.4 is 11.3 Å². The maximum absolute atomic E-state index is 10.9. The lowest BCUT2D eigenvalue weighted by atomic mass is 10.3. The van der Waals surface area contributed by atoms with Crippen molar-refractivity contribution >= 4 is 32.7 Å². The van der Waals surface area contributed by atoms with Gasteiger partial charge in [-0.25, -0.2) is 10.1 Å². The van der Waals surface area contributed by atoms with Crippen LogP contribution >= 0.6 is 15.9 Å². The molecule has 0 bridgehead atoms. The number of hydrogen-bond donors (Lipinski definition) is 2. The second-order valence-electron chi connectivity index (χ2n) is 3.67. The first-order chi connectivity index (χ1) is 8.63. The predicted octanol–water partition coefficient (Wildman–Crippen LogP) is 1.92. The highest BCUT2D eigenvalue weighted by molar-refractivity contribution is 9.10. The van der Waals surface area contributed by atoms with Gasteiger partial charge in [0.05, 0.1) is 5.69 Å². The van der Waals surface area contributed by atoms with E-state index in [1.54, 1.807) is 12.1 Å². The van der Waals surface area contributed by atoms with Crippen molar-refractivity contribution in [3.8, 4) is 11.6 Å². The minimum absolute atomic E-state index is 0.280. The van der Waals surface area contributed by atoms with Crippen molar-refractivity contribution in [3.63, 3.8) is 0 Å². The smallest absolute Gasteiger partial charge is 0.264 e. The molecule has 3 aromatic rings. The van der Waals surface area contributed by atoms with Crippen molar-refractivity contribution in [2.45, 2.75) is 0 Å². The van der Waals surface area contributed by atoms with Crippen LogP contribution in [0.3, 0.4) is 0 Å². The molecule has 0 unspecified atom stereocenters. The number of aromatic amines is 1. The first-order valence-electron chi connectivity index (χ1n) is 5.05. The number of nitrogens with zero attached hydrogens (tertiary/aromatic N) is 2. The Bertz CT molecular complexity index is 773. The molecule has 0 spiro atoms. The molecule has 90 valence electrons. The monoisotopic (exact) mass is 306 g/mol. The van der Waals surface area contributed by atoms with Crippen molar-refractivity contribution < 1.29 is 4.42 Å². The molecule has 0 aliphatic carbocycles. The van der Waals surface area contributed by atoms with Gasteiger partial charge in [0.1, 0.15) is 11.2 Å². The van der Waals surface area contributed by atoms with Crippen molar-refractivity contribution in [2.75, 3.05) is 5.73 Å². The summed E-state index contributed by atoms with van der Waals surface area (Å²) in [4.78, 5) is 15.2. The summed E-state index contributed by atoms with van der Waals surface area (Å²) in [6, 6.07) is 6.42. The molecule has 18 heavy (non-hydrogen) atoms. The summed E-state index contributed by atoms with van der Waals surface area (Å²) in [5, 5.41) is 6.17. The van der Waals surface area contributed by atoms with Crippen LogP contribution in [-0.2, 0) is 0 Å². The molecule has 0 aliphatic heterocycles. The lowest BCUT2D eigenvalue weighted by Crippen LogP contribution is -2.05. The van der Waals surface area contributed by atoms with Crippen LogP contribution in [0.2, 0.25) is 0 Å². The molecule has 2 aromatic heterocycles. The molecule has 0 saturated carbocycles. The van der Waals surface area contributed by atoms with E-state index in [1.807, 2.05) is 0 Å². The third-order valence-electron chi connectivity index (χ3n) is 2.38. The molecule has 3 rings (SSSR count). The number of oxazole rings is 1. The van der Waals surface area contributed by atoms with Gasteiger partial charge in [-0.15, -0.1) is 0 Å². The van der Waals surface area contributed by atoms with Crippen molar-refractivity contribution in [1.82, 2.24) is 15.2 Å². The molecular formula is C11H7BrN4O2. The number of aromatic nitrogens is 3. The number of rotatable bonds is 1. The van der Waals surface area contributed by atoms with E-state index >= 15 is 0 Å². The normalized spacial score (nSPS) is 10.9. The Hall–Kier alpha value is -2.15. The van der Waals surface area contributed by atoms with Gasteiger partial charge in [0.25, 0.3) is 5.56 Å². The summed E-state index contributed by atoms with van der Waals surface area (Å²) < 4.78 is 6.36. The highest BCUT2D eigenvalue weighted by atomic mass is 79.9. The van der Waals surface area contributed by atoms with Gasteiger partial charge >= 0.3 is 0 Å². The van der Waals surface area contributed by atoms with E-state index in [4.69, 9.17) is 10.2 Å². The summed E-state index contributed by atoms with van der Waals surface area (Å²) in [5.41, 5.74) is 7.61. The number of nitrogen functional groups attached to an aromatic ring is 1. The van der Waals surface area contributed by atoms with Gasteiger partial charge in [-0.1, -0.05) is 15.9 Å². The highest BCUT2D eigenvalue weighted by Crippen LogP contribution is 2.29. The fourth-order valence-electron chi connectivity index (χ4n) is 1.60. The molecule has 0 amide bonds. The van der Waals surface area contributed by atoms with E-state index < -0.39 is 0 Å². The van der Waals surface area contributed by atoms with Crippen LogP contribution in [0, 0.1) is 0 Å². The van der Waals surface area contributed by atoms with E-state index in [0.717, 1.165) is 4.47 Å². The first kappa shape index (κ1) is 11.0. The Morgan fingerprint density at radius 2 is 2.17 bits per heavy atom. The van der Waals surface area contributed by atoms with Crippen LogP contribution in [-0.4, -0.2) is 15.2 Å². The van der Waals surface area contributed by atoms with Crippen LogP contribution in [0.15, 0.2) is 37.9 Å². The van der Waals surface area contributed by atoms with E-state index in [9.17, 15) is 4.79 Å². The Labute approximate surface area is 109 Å². The van der Waals surface area contributed by atoms with Crippen molar-refractivity contribution in [2.24, 2.45) is 0 Å². The third-order valence-corrected chi connectivity index (χ3v) is 2.84. The van der Waals surface area contributed by atoms with E-state index in [0.29, 0.717) is 28.4 Å².